The van der Waals surface area contributed by atoms with Gasteiger partial charge in [0.2, 0.25) is 5.91 Å². The van der Waals surface area contributed by atoms with Crippen molar-refractivity contribution in [1.29, 1.82) is 0 Å². The third-order valence-electron chi connectivity index (χ3n) is 4.81. The van der Waals surface area contributed by atoms with E-state index in [0.29, 0.717) is 30.1 Å². The summed E-state index contributed by atoms with van der Waals surface area (Å²) in [6.45, 7) is 0.792. The second-order valence-electron chi connectivity index (χ2n) is 7.54. The Kier molecular flexibility index (Phi) is 7.11. The molecule has 0 saturated carbocycles. The molecule has 1 fully saturated rings. The molecule has 0 radical (unpaired) electrons. The normalized spacial score (nSPS) is 15.8. The third-order valence-corrected chi connectivity index (χ3v) is 5.67. The molecule has 1 aliphatic rings. The maximum absolute atomic E-state index is 13.4. The fourth-order valence-electron chi connectivity index (χ4n) is 3.29. The van der Waals surface area contributed by atoms with Crippen molar-refractivity contribution in [3.8, 4) is 5.75 Å². The zero-order valence-electron chi connectivity index (χ0n) is 17.0. The monoisotopic (exact) mass is 454 g/mol. The first-order valence-electron chi connectivity index (χ1n) is 9.66. The summed E-state index contributed by atoms with van der Waals surface area (Å²) in [5.41, 5.74) is 1.06. The molecule has 10 heteroatoms. The smallest absolute Gasteiger partial charge is 0.242 e. The van der Waals surface area contributed by atoms with Gasteiger partial charge in [0, 0.05) is 31.1 Å². The molecule has 7 nitrogen and oxygen atoms in total. The number of amides is 1. The van der Waals surface area contributed by atoms with E-state index in [2.05, 4.69) is 0 Å². The molecular weight excluding hydrogens is 430 g/mol. The van der Waals surface area contributed by atoms with Crippen molar-refractivity contribution in [2.75, 3.05) is 43.9 Å². The van der Waals surface area contributed by atoms with E-state index < -0.39 is 27.6 Å². The zero-order valence-corrected chi connectivity index (χ0v) is 17.8. The molecule has 1 amide bonds. The van der Waals surface area contributed by atoms with Crippen LogP contribution in [0, 0.1) is 11.6 Å². The number of nitrogens with zero attached hydrogens (tertiary/aromatic N) is 2. The van der Waals surface area contributed by atoms with Crippen molar-refractivity contribution in [1.82, 2.24) is 4.90 Å². The van der Waals surface area contributed by atoms with E-state index in [-0.39, 0.29) is 31.4 Å². The molecule has 2 aromatic carbocycles. The Morgan fingerprint density at radius 1 is 1.10 bits per heavy atom. The summed E-state index contributed by atoms with van der Waals surface area (Å²) in [5.74, 6) is -1.73. The standard InChI is InChI=1S/C21H24F2N2O5S/c1-31(28,29)14-15-2-5-18(6-3-15)30-13-17(26)11-25-9-8-24(12-21(25)27)16-4-7-19(22)20(23)10-16/h2-7,10,17,26H,8-9,11-14H2,1H3/t17-/m0/s1. The van der Waals surface area contributed by atoms with Gasteiger partial charge in [-0.15, -0.1) is 0 Å². The molecule has 0 unspecified atom stereocenters. The first-order valence-corrected chi connectivity index (χ1v) is 11.7. The Labute approximate surface area is 179 Å². The predicted molar refractivity (Wildman–Crippen MR) is 112 cm³/mol. The lowest BCUT2D eigenvalue weighted by Crippen LogP contribution is -2.53. The summed E-state index contributed by atoms with van der Waals surface area (Å²) in [4.78, 5) is 15.6. The second-order valence-corrected chi connectivity index (χ2v) is 9.68. The van der Waals surface area contributed by atoms with E-state index >= 15 is 0 Å². The van der Waals surface area contributed by atoms with Gasteiger partial charge in [0.1, 0.15) is 18.5 Å². The van der Waals surface area contributed by atoms with Crippen LogP contribution in [0.3, 0.4) is 0 Å². The van der Waals surface area contributed by atoms with Crippen molar-refractivity contribution in [3.63, 3.8) is 0 Å². The average Bonchev–Trinajstić information content (AvgIpc) is 2.70. The molecule has 2 aromatic rings. The molecule has 31 heavy (non-hydrogen) atoms. The number of halogens is 2. The highest BCUT2D eigenvalue weighted by Gasteiger charge is 2.26. The first kappa shape index (κ1) is 23.0. The molecule has 0 bridgehead atoms. The van der Waals surface area contributed by atoms with Crippen LogP contribution >= 0.6 is 0 Å². The molecule has 0 spiro atoms. The molecular formula is C21H24F2N2O5S. The Balaban J connectivity index is 1.47. The molecule has 3 rings (SSSR count). The van der Waals surface area contributed by atoms with E-state index in [1.54, 1.807) is 29.2 Å². The van der Waals surface area contributed by atoms with Crippen LogP contribution in [-0.2, 0) is 20.4 Å². The number of aliphatic hydroxyl groups excluding tert-OH is 1. The van der Waals surface area contributed by atoms with Gasteiger partial charge in [-0.3, -0.25) is 4.79 Å². The van der Waals surface area contributed by atoms with Gasteiger partial charge < -0.3 is 19.6 Å². The minimum Gasteiger partial charge on any atom is -0.491 e. The number of hydrogen-bond acceptors (Lipinski definition) is 6. The number of ether oxygens (including phenoxy) is 1. The third kappa shape index (κ3) is 6.63. The maximum atomic E-state index is 13.4. The quantitative estimate of drug-likeness (QED) is 0.652. The van der Waals surface area contributed by atoms with E-state index in [4.69, 9.17) is 4.74 Å². The maximum Gasteiger partial charge on any atom is 0.242 e. The van der Waals surface area contributed by atoms with Crippen LogP contribution in [0.4, 0.5) is 14.5 Å². The number of sulfone groups is 1. The van der Waals surface area contributed by atoms with Crippen LogP contribution in [0.2, 0.25) is 0 Å². The van der Waals surface area contributed by atoms with Crippen molar-refractivity contribution in [3.05, 3.63) is 59.7 Å². The first-order chi connectivity index (χ1) is 14.6. The van der Waals surface area contributed by atoms with Crippen LogP contribution in [0.5, 0.6) is 5.75 Å². The van der Waals surface area contributed by atoms with Crippen LogP contribution in [0.1, 0.15) is 5.56 Å². The molecule has 0 aromatic heterocycles. The lowest BCUT2D eigenvalue weighted by molar-refractivity contribution is -0.132. The number of rotatable bonds is 8. The summed E-state index contributed by atoms with van der Waals surface area (Å²) in [6.07, 6.45) is 0.238. The molecule has 1 saturated heterocycles. The number of β-amino-alcohol motifs (C(OH)–C–C–N with tert-alkyl or cyclic N) is 1. The van der Waals surface area contributed by atoms with Gasteiger partial charge in [-0.1, -0.05) is 12.1 Å². The van der Waals surface area contributed by atoms with Gasteiger partial charge in [-0.2, -0.15) is 0 Å². The Hall–Kier alpha value is -2.72. The topological polar surface area (TPSA) is 87.2 Å². The van der Waals surface area contributed by atoms with E-state index in [0.717, 1.165) is 18.4 Å². The predicted octanol–water partition coefficient (Wildman–Crippen LogP) is 1.60. The number of aliphatic hydroxyl groups is 1. The molecule has 1 heterocycles. The number of carbonyl (C=O) groups excluding carboxylic acids is 1. The summed E-state index contributed by atoms with van der Waals surface area (Å²) >= 11 is 0. The van der Waals surface area contributed by atoms with Crippen LogP contribution in [0.25, 0.3) is 0 Å². The van der Waals surface area contributed by atoms with Crippen molar-refractivity contribution in [2.24, 2.45) is 0 Å². The largest absolute Gasteiger partial charge is 0.491 e. The van der Waals surface area contributed by atoms with Gasteiger partial charge in [-0.25, -0.2) is 17.2 Å². The highest BCUT2D eigenvalue weighted by atomic mass is 32.2. The van der Waals surface area contributed by atoms with E-state index in [1.165, 1.54) is 11.0 Å². The highest BCUT2D eigenvalue weighted by molar-refractivity contribution is 7.89. The fourth-order valence-corrected chi connectivity index (χ4v) is 4.09. The second kappa shape index (κ2) is 9.61. The molecule has 0 aliphatic carbocycles. The van der Waals surface area contributed by atoms with Gasteiger partial charge in [0.05, 0.1) is 18.8 Å². The summed E-state index contributed by atoms with van der Waals surface area (Å²) in [7, 11) is -3.12. The summed E-state index contributed by atoms with van der Waals surface area (Å²) in [6, 6.07) is 10.0. The highest BCUT2D eigenvalue weighted by Crippen LogP contribution is 2.20. The average molecular weight is 454 g/mol. The van der Waals surface area contributed by atoms with Crippen LogP contribution < -0.4 is 9.64 Å². The minimum absolute atomic E-state index is 0.000445. The number of hydrogen-bond donors (Lipinski definition) is 1. The summed E-state index contributed by atoms with van der Waals surface area (Å²) in [5, 5.41) is 10.2. The molecule has 168 valence electrons. The van der Waals surface area contributed by atoms with Crippen molar-refractivity contribution >= 4 is 21.4 Å². The lowest BCUT2D eigenvalue weighted by Gasteiger charge is -2.36. The molecule has 1 N–H and O–H groups in total. The van der Waals surface area contributed by atoms with Gasteiger partial charge in [-0.05, 0) is 29.8 Å². The minimum atomic E-state index is -3.12. The van der Waals surface area contributed by atoms with Crippen LogP contribution in [0.15, 0.2) is 42.5 Å². The Bertz CT molecular complexity index is 1030. The number of carbonyl (C=O) groups is 1. The molecule has 1 aliphatic heterocycles. The van der Waals surface area contributed by atoms with Crippen molar-refractivity contribution in [2.45, 2.75) is 11.9 Å². The lowest BCUT2D eigenvalue weighted by atomic mass is 10.2. The SMILES string of the molecule is CS(=O)(=O)Cc1ccc(OC[C@@H](O)CN2CCN(c3ccc(F)c(F)c3)CC2=O)cc1. The number of benzene rings is 2. The van der Waals surface area contributed by atoms with Crippen LogP contribution in [-0.4, -0.2) is 69.5 Å². The Morgan fingerprint density at radius 2 is 1.81 bits per heavy atom. The zero-order chi connectivity index (χ0) is 22.6. The van der Waals surface area contributed by atoms with E-state index in [1.807, 2.05) is 0 Å². The fraction of sp³-hybridized carbons (Fsp3) is 0.381. The van der Waals surface area contributed by atoms with Gasteiger partial charge in [0.15, 0.2) is 21.5 Å². The number of piperazine rings is 1. The van der Waals surface area contributed by atoms with Crippen molar-refractivity contribution < 1.29 is 31.8 Å². The summed E-state index contributed by atoms with van der Waals surface area (Å²) < 4.78 is 54.7. The van der Waals surface area contributed by atoms with Gasteiger partial charge >= 0.3 is 0 Å². The number of anilines is 1. The molecule has 1 atom stereocenters. The van der Waals surface area contributed by atoms with E-state index in [9.17, 15) is 27.1 Å². The van der Waals surface area contributed by atoms with Gasteiger partial charge in [0.25, 0.3) is 0 Å². The Morgan fingerprint density at radius 3 is 2.42 bits per heavy atom.